The zero-order valence-electron chi connectivity index (χ0n) is 13.3. The fraction of sp³-hybridized carbons (Fsp3) is 1.00. The lowest BCUT2D eigenvalue weighted by molar-refractivity contribution is -0.152. The predicted molar refractivity (Wildman–Crippen MR) is 83.9 cm³/mol. The molecule has 2 saturated carbocycles. The fourth-order valence-corrected chi connectivity index (χ4v) is 4.83. The Morgan fingerprint density at radius 1 is 1.05 bits per heavy atom. The van der Waals surface area contributed by atoms with Crippen LogP contribution in [0.25, 0.3) is 0 Å². The molecule has 2 heteroatoms. The van der Waals surface area contributed by atoms with Crippen molar-refractivity contribution in [2.75, 3.05) is 13.2 Å². The molecular formula is C18H33NO. The molecule has 1 aliphatic heterocycles. The van der Waals surface area contributed by atoms with Gasteiger partial charge in [0.2, 0.25) is 0 Å². The summed E-state index contributed by atoms with van der Waals surface area (Å²) in [6, 6.07) is 0.790. The minimum absolute atomic E-state index is 0.324. The summed E-state index contributed by atoms with van der Waals surface area (Å²) in [4.78, 5) is 0. The van der Waals surface area contributed by atoms with Crippen LogP contribution in [0.15, 0.2) is 0 Å². The summed E-state index contributed by atoms with van der Waals surface area (Å²) in [5.74, 6) is 1.85. The van der Waals surface area contributed by atoms with Crippen molar-refractivity contribution in [3.63, 3.8) is 0 Å². The van der Waals surface area contributed by atoms with Gasteiger partial charge >= 0.3 is 0 Å². The van der Waals surface area contributed by atoms with Crippen LogP contribution < -0.4 is 5.32 Å². The number of hydrogen-bond acceptors (Lipinski definition) is 2. The Morgan fingerprint density at radius 2 is 1.90 bits per heavy atom. The van der Waals surface area contributed by atoms with Crippen LogP contribution in [-0.2, 0) is 4.74 Å². The average molecular weight is 279 g/mol. The first kappa shape index (κ1) is 14.8. The van der Waals surface area contributed by atoms with Crippen LogP contribution in [0.1, 0.15) is 77.6 Å². The van der Waals surface area contributed by atoms with Gasteiger partial charge in [-0.3, -0.25) is 0 Å². The van der Waals surface area contributed by atoms with Crippen molar-refractivity contribution in [3.8, 4) is 0 Å². The van der Waals surface area contributed by atoms with E-state index in [2.05, 4.69) is 12.2 Å². The Morgan fingerprint density at radius 3 is 2.65 bits per heavy atom. The van der Waals surface area contributed by atoms with Crippen LogP contribution in [0, 0.1) is 11.8 Å². The van der Waals surface area contributed by atoms with Gasteiger partial charge in [-0.25, -0.2) is 0 Å². The molecule has 0 amide bonds. The van der Waals surface area contributed by atoms with Gasteiger partial charge in [-0.1, -0.05) is 26.2 Å². The third-order valence-electron chi connectivity index (χ3n) is 6.13. The van der Waals surface area contributed by atoms with Crippen LogP contribution >= 0.6 is 0 Å². The minimum atomic E-state index is 0.324. The molecule has 1 heterocycles. The normalized spacial score (nSPS) is 37.4. The van der Waals surface area contributed by atoms with E-state index in [4.69, 9.17) is 4.74 Å². The molecular weight excluding hydrogens is 246 g/mol. The van der Waals surface area contributed by atoms with Gasteiger partial charge in [-0.15, -0.1) is 0 Å². The first-order chi connectivity index (χ1) is 9.83. The van der Waals surface area contributed by atoms with Crippen LogP contribution in [-0.4, -0.2) is 24.8 Å². The predicted octanol–water partition coefficient (Wildman–Crippen LogP) is 4.28. The second-order valence-corrected chi connectivity index (χ2v) is 7.50. The van der Waals surface area contributed by atoms with Gasteiger partial charge in [0.15, 0.2) is 0 Å². The van der Waals surface area contributed by atoms with Crippen molar-refractivity contribution in [3.05, 3.63) is 0 Å². The topological polar surface area (TPSA) is 21.3 Å². The zero-order valence-corrected chi connectivity index (χ0v) is 13.3. The molecule has 0 aromatic heterocycles. The maximum Gasteiger partial charge on any atom is 0.0685 e. The number of hydrogen-bond donors (Lipinski definition) is 1. The van der Waals surface area contributed by atoms with Gasteiger partial charge in [0.1, 0.15) is 0 Å². The Kier molecular flexibility index (Phi) is 5.04. The minimum Gasteiger partial charge on any atom is -0.375 e. The number of nitrogens with one attached hydrogen (secondary N) is 1. The third kappa shape index (κ3) is 3.22. The summed E-state index contributed by atoms with van der Waals surface area (Å²) in [5.41, 5.74) is 0.324. The molecule has 3 atom stereocenters. The van der Waals surface area contributed by atoms with Gasteiger partial charge in [0.05, 0.1) is 5.60 Å². The van der Waals surface area contributed by atoms with Crippen LogP contribution in [0.5, 0.6) is 0 Å². The molecule has 3 rings (SSSR count). The quantitative estimate of drug-likeness (QED) is 0.775. The third-order valence-corrected chi connectivity index (χ3v) is 6.13. The standard InChI is InChI=1S/C18H33NO/c1-2-12-19-17-8-5-3-4-7-16(17)15-9-13-20-18(14-15)10-6-11-18/h15-17,19H,2-14H2,1H3. The summed E-state index contributed by atoms with van der Waals surface area (Å²) in [5, 5.41) is 3.88. The van der Waals surface area contributed by atoms with Gasteiger partial charge < -0.3 is 10.1 Å². The SMILES string of the molecule is CCCNC1CCCCCC1C1CCOC2(CCC2)C1. The highest BCUT2D eigenvalue weighted by atomic mass is 16.5. The molecule has 20 heavy (non-hydrogen) atoms. The summed E-state index contributed by atoms with van der Waals surface area (Å²) < 4.78 is 6.15. The Bertz CT molecular complexity index is 300. The molecule has 3 fully saturated rings. The highest BCUT2D eigenvalue weighted by molar-refractivity contribution is 4.97. The van der Waals surface area contributed by atoms with Crippen molar-refractivity contribution in [1.29, 1.82) is 0 Å². The lowest BCUT2D eigenvalue weighted by Crippen LogP contribution is -2.49. The van der Waals surface area contributed by atoms with Crippen LogP contribution in [0.3, 0.4) is 0 Å². The fourth-order valence-electron chi connectivity index (χ4n) is 4.83. The molecule has 2 nitrogen and oxygen atoms in total. The van der Waals surface area contributed by atoms with E-state index < -0.39 is 0 Å². The number of rotatable bonds is 4. The average Bonchev–Trinajstić information content (AvgIpc) is 2.69. The first-order valence-electron chi connectivity index (χ1n) is 9.20. The summed E-state index contributed by atoms with van der Waals surface area (Å²) in [7, 11) is 0. The summed E-state index contributed by atoms with van der Waals surface area (Å²) in [6.45, 7) is 4.52. The van der Waals surface area contributed by atoms with Gasteiger partial charge in [0, 0.05) is 12.6 Å². The largest absolute Gasteiger partial charge is 0.375 e. The van der Waals surface area contributed by atoms with Crippen molar-refractivity contribution in [2.45, 2.75) is 89.2 Å². The highest BCUT2D eigenvalue weighted by Crippen LogP contribution is 2.47. The van der Waals surface area contributed by atoms with E-state index in [-0.39, 0.29) is 0 Å². The lowest BCUT2D eigenvalue weighted by Gasteiger charge is -2.49. The van der Waals surface area contributed by atoms with E-state index in [1.54, 1.807) is 0 Å². The van der Waals surface area contributed by atoms with Crippen LogP contribution in [0.2, 0.25) is 0 Å². The molecule has 116 valence electrons. The van der Waals surface area contributed by atoms with Gasteiger partial charge in [0.25, 0.3) is 0 Å². The first-order valence-corrected chi connectivity index (χ1v) is 9.20. The summed E-state index contributed by atoms with van der Waals surface area (Å²) >= 11 is 0. The van der Waals surface area contributed by atoms with E-state index in [0.29, 0.717) is 5.60 Å². The molecule has 2 aliphatic carbocycles. The van der Waals surface area contributed by atoms with Gasteiger partial charge in [-0.2, -0.15) is 0 Å². The molecule has 1 N–H and O–H groups in total. The van der Waals surface area contributed by atoms with E-state index in [1.165, 1.54) is 77.2 Å². The second kappa shape index (κ2) is 6.79. The Hall–Kier alpha value is -0.0800. The molecule has 0 bridgehead atoms. The maximum atomic E-state index is 6.15. The van der Waals surface area contributed by atoms with E-state index in [0.717, 1.165) is 24.5 Å². The zero-order chi connectivity index (χ0) is 13.8. The summed E-state index contributed by atoms with van der Waals surface area (Å²) in [6.07, 6.45) is 15.2. The Labute approximate surface area is 125 Å². The molecule has 1 saturated heterocycles. The lowest BCUT2D eigenvalue weighted by atomic mass is 9.67. The number of ether oxygens (including phenoxy) is 1. The van der Waals surface area contributed by atoms with Gasteiger partial charge in [-0.05, 0) is 69.7 Å². The highest BCUT2D eigenvalue weighted by Gasteiger charge is 2.45. The van der Waals surface area contributed by atoms with E-state index >= 15 is 0 Å². The van der Waals surface area contributed by atoms with Crippen molar-refractivity contribution < 1.29 is 4.74 Å². The molecule has 3 aliphatic rings. The molecule has 0 aromatic rings. The molecule has 0 aromatic carbocycles. The monoisotopic (exact) mass is 279 g/mol. The van der Waals surface area contributed by atoms with E-state index in [9.17, 15) is 0 Å². The molecule has 1 spiro atoms. The smallest absolute Gasteiger partial charge is 0.0685 e. The second-order valence-electron chi connectivity index (χ2n) is 7.50. The molecule has 0 radical (unpaired) electrons. The molecule has 3 unspecified atom stereocenters. The van der Waals surface area contributed by atoms with Crippen molar-refractivity contribution >= 4 is 0 Å². The van der Waals surface area contributed by atoms with Crippen molar-refractivity contribution in [2.24, 2.45) is 11.8 Å². The van der Waals surface area contributed by atoms with E-state index in [1.807, 2.05) is 0 Å². The van der Waals surface area contributed by atoms with Crippen molar-refractivity contribution in [1.82, 2.24) is 5.32 Å². The maximum absolute atomic E-state index is 6.15. The van der Waals surface area contributed by atoms with Crippen LogP contribution in [0.4, 0.5) is 0 Å². The Balaban J connectivity index is 1.64.